The predicted octanol–water partition coefficient (Wildman–Crippen LogP) is 0.602. The van der Waals surface area contributed by atoms with Crippen molar-refractivity contribution >= 4 is 29.4 Å². The Morgan fingerprint density at radius 3 is 3.05 bits per heavy atom. The average molecular weight is 284 g/mol. The molecule has 0 spiro atoms. The molecule has 0 aliphatic carbocycles. The van der Waals surface area contributed by atoms with Gasteiger partial charge in [-0.1, -0.05) is 11.8 Å². The summed E-state index contributed by atoms with van der Waals surface area (Å²) in [5.41, 5.74) is 0.405. The fourth-order valence-corrected chi connectivity index (χ4v) is 2.34. The molecule has 1 aliphatic rings. The standard InChI is InChI=1S/C10H12N4O4S/c1-3-18-10(16)14-9-6(15)13-5-7(17-2)11-4-12-8(5)19-9/h4,9H,3H2,1-2H3,(H,13,15)(H,14,16). The molecule has 1 atom stereocenters. The fourth-order valence-electron chi connectivity index (χ4n) is 1.43. The number of rotatable bonds is 3. The lowest BCUT2D eigenvalue weighted by atomic mass is 10.4. The summed E-state index contributed by atoms with van der Waals surface area (Å²) in [5.74, 6) is -0.112. The van der Waals surface area contributed by atoms with Gasteiger partial charge in [0, 0.05) is 0 Å². The molecule has 2 amide bonds. The number of amides is 2. The van der Waals surface area contributed by atoms with E-state index >= 15 is 0 Å². The Morgan fingerprint density at radius 1 is 1.58 bits per heavy atom. The van der Waals surface area contributed by atoms with Crippen molar-refractivity contribution in [1.29, 1.82) is 0 Å². The monoisotopic (exact) mass is 284 g/mol. The van der Waals surface area contributed by atoms with Crippen molar-refractivity contribution in [3.63, 3.8) is 0 Å². The maximum absolute atomic E-state index is 11.9. The zero-order chi connectivity index (χ0) is 13.8. The first kappa shape index (κ1) is 13.4. The molecule has 1 unspecified atom stereocenters. The van der Waals surface area contributed by atoms with Crippen molar-refractivity contribution < 1.29 is 19.1 Å². The maximum atomic E-state index is 11.9. The molecule has 0 radical (unpaired) electrons. The second-order valence-electron chi connectivity index (χ2n) is 3.42. The van der Waals surface area contributed by atoms with Crippen LogP contribution in [0.3, 0.4) is 0 Å². The van der Waals surface area contributed by atoms with Gasteiger partial charge in [0.2, 0.25) is 5.88 Å². The van der Waals surface area contributed by atoms with E-state index in [1.165, 1.54) is 13.4 Å². The van der Waals surface area contributed by atoms with E-state index in [0.717, 1.165) is 11.8 Å². The normalized spacial score (nSPS) is 17.2. The largest absolute Gasteiger partial charge is 0.479 e. The molecule has 19 heavy (non-hydrogen) atoms. The van der Waals surface area contributed by atoms with Crippen molar-refractivity contribution in [1.82, 2.24) is 15.3 Å². The molecule has 1 aromatic rings. The maximum Gasteiger partial charge on any atom is 0.408 e. The number of anilines is 1. The van der Waals surface area contributed by atoms with Crippen LogP contribution in [0.1, 0.15) is 6.92 Å². The molecule has 2 rings (SSSR count). The zero-order valence-electron chi connectivity index (χ0n) is 10.3. The summed E-state index contributed by atoms with van der Waals surface area (Å²) in [5, 5.41) is 4.76. The van der Waals surface area contributed by atoms with E-state index in [2.05, 4.69) is 20.6 Å². The minimum Gasteiger partial charge on any atom is -0.479 e. The molecule has 2 heterocycles. The molecule has 0 aromatic carbocycles. The number of nitrogens with one attached hydrogen (secondary N) is 2. The molecule has 9 heteroatoms. The lowest BCUT2D eigenvalue weighted by molar-refractivity contribution is -0.116. The van der Waals surface area contributed by atoms with Crippen molar-refractivity contribution in [3.8, 4) is 5.88 Å². The van der Waals surface area contributed by atoms with E-state index in [1.807, 2.05) is 0 Å². The van der Waals surface area contributed by atoms with Gasteiger partial charge in [-0.15, -0.1) is 0 Å². The van der Waals surface area contributed by atoms with Gasteiger partial charge < -0.3 is 20.1 Å². The van der Waals surface area contributed by atoms with Gasteiger partial charge in [0.25, 0.3) is 5.91 Å². The highest BCUT2D eigenvalue weighted by Gasteiger charge is 2.32. The third-order valence-electron chi connectivity index (χ3n) is 2.21. The summed E-state index contributed by atoms with van der Waals surface area (Å²) >= 11 is 1.09. The molecule has 0 bridgehead atoms. The molecule has 102 valence electrons. The number of nitrogens with zero attached hydrogens (tertiary/aromatic N) is 2. The van der Waals surface area contributed by atoms with Crippen LogP contribution in [-0.2, 0) is 9.53 Å². The van der Waals surface area contributed by atoms with Crippen LogP contribution in [0.5, 0.6) is 5.88 Å². The fraction of sp³-hybridized carbons (Fsp3) is 0.400. The van der Waals surface area contributed by atoms with Gasteiger partial charge in [0.15, 0.2) is 5.37 Å². The Hall–Kier alpha value is -2.03. The predicted molar refractivity (Wildman–Crippen MR) is 67.0 cm³/mol. The van der Waals surface area contributed by atoms with Crippen LogP contribution < -0.4 is 15.4 Å². The summed E-state index contributed by atoms with van der Waals surface area (Å²) < 4.78 is 9.75. The van der Waals surface area contributed by atoms with Gasteiger partial charge in [-0.3, -0.25) is 4.79 Å². The molecule has 2 N–H and O–H groups in total. The number of thioether (sulfide) groups is 1. The van der Waals surface area contributed by atoms with E-state index in [1.54, 1.807) is 6.92 Å². The molecular weight excluding hydrogens is 272 g/mol. The van der Waals surface area contributed by atoms with Crippen LogP contribution in [0.4, 0.5) is 10.5 Å². The quantitative estimate of drug-likeness (QED) is 0.783. The summed E-state index contributed by atoms with van der Waals surface area (Å²) in [7, 11) is 1.45. The van der Waals surface area contributed by atoms with Crippen LogP contribution in [0.2, 0.25) is 0 Å². The summed E-state index contributed by atoms with van der Waals surface area (Å²) in [6, 6.07) is 0. The van der Waals surface area contributed by atoms with Crippen LogP contribution in [0.25, 0.3) is 0 Å². The molecule has 0 saturated carbocycles. The molecular formula is C10H12N4O4S. The molecule has 1 aromatic heterocycles. The molecule has 1 aliphatic heterocycles. The number of methoxy groups -OCH3 is 1. The number of alkyl carbamates (subject to hydrolysis) is 1. The van der Waals surface area contributed by atoms with Gasteiger partial charge in [0.1, 0.15) is 17.0 Å². The first-order chi connectivity index (χ1) is 9.15. The first-order valence-corrected chi connectivity index (χ1v) is 6.33. The Kier molecular flexibility index (Phi) is 4.05. The Bertz CT molecular complexity index is 510. The number of hydrogen-bond acceptors (Lipinski definition) is 7. The van der Waals surface area contributed by atoms with Crippen molar-refractivity contribution in [2.24, 2.45) is 0 Å². The SMILES string of the molecule is CCOC(=O)NC1Sc2ncnc(OC)c2NC1=O. The minimum absolute atomic E-state index is 0.234. The molecule has 0 fully saturated rings. The van der Waals surface area contributed by atoms with Gasteiger partial charge >= 0.3 is 6.09 Å². The number of hydrogen-bond donors (Lipinski definition) is 2. The Balaban J connectivity index is 2.16. The Morgan fingerprint density at radius 2 is 2.37 bits per heavy atom. The van der Waals surface area contributed by atoms with E-state index in [9.17, 15) is 9.59 Å². The zero-order valence-corrected chi connectivity index (χ0v) is 11.1. The summed E-state index contributed by atoms with van der Waals surface area (Å²) in [4.78, 5) is 31.1. The minimum atomic E-state index is -0.800. The van der Waals surface area contributed by atoms with Crippen LogP contribution in [0, 0.1) is 0 Å². The van der Waals surface area contributed by atoms with Crippen molar-refractivity contribution in [2.45, 2.75) is 17.3 Å². The first-order valence-electron chi connectivity index (χ1n) is 5.45. The van der Waals surface area contributed by atoms with Crippen molar-refractivity contribution in [2.75, 3.05) is 19.0 Å². The summed E-state index contributed by atoms with van der Waals surface area (Å²) in [6.45, 7) is 1.92. The lowest BCUT2D eigenvalue weighted by Crippen LogP contribution is -2.43. The molecule has 8 nitrogen and oxygen atoms in total. The van der Waals surface area contributed by atoms with Crippen LogP contribution in [0.15, 0.2) is 11.4 Å². The highest BCUT2D eigenvalue weighted by molar-refractivity contribution is 8.00. The number of carbonyl (C=O) groups excluding carboxylic acids is 2. The second kappa shape index (κ2) is 5.74. The van der Waals surface area contributed by atoms with Gasteiger partial charge in [0.05, 0.1) is 13.7 Å². The average Bonchev–Trinajstić information content (AvgIpc) is 2.39. The topological polar surface area (TPSA) is 102 Å². The molecule has 0 saturated heterocycles. The summed E-state index contributed by atoms with van der Waals surface area (Å²) in [6.07, 6.45) is 0.670. The van der Waals surface area contributed by atoms with E-state index in [0.29, 0.717) is 10.7 Å². The second-order valence-corrected chi connectivity index (χ2v) is 4.51. The van der Waals surface area contributed by atoms with Gasteiger partial charge in [-0.05, 0) is 6.92 Å². The van der Waals surface area contributed by atoms with Gasteiger partial charge in [-0.2, -0.15) is 4.98 Å². The van der Waals surface area contributed by atoms with E-state index in [4.69, 9.17) is 9.47 Å². The smallest absolute Gasteiger partial charge is 0.408 e. The third-order valence-corrected chi connectivity index (χ3v) is 3.31. The highest BCUT2D eigenvalue weighted by Crippen LogP contribution is 2.37. The number of aromatic nitrogens is 2. The Labute approximate surface area is 113 Å². The van der Waals surface area contributed by atoms with Gasteiger partial charge in [-0.25, -0.2) is 9.78 Å². The third kappa shape index (κ3) is 2.87. The van der Waals surface area contributed by atoms with Crippen molar-refractivity contribution in [3.05, 3.63) is 6.33 Å². The number of ether oxygens (including phenoxy) is 2. The lowest BCUT2D eigenvalue weighted by Gasteiger charge is -2.23. The number of carbonyl (C=O) groups is 2. The number of fused-ring (bicyclic) bond motifs is 1. The van der Waals surface area contributed by atoms with E-state index in [-0.39, 0.29) is 12.5 Å². The van der Waals surface area contributed by atoms with E-state index < -0.39 is 17.4 Å². The van der Waals surface area contributed by atoms with Crippen LogP contribution >= 0.6 is 11.8 Å². The highest BCUT2D eigenvalue weighted by atomic mass is 32.2. The van der Waals surface area contributed by atoms with Crippen LogP contribution in [-0.4, -0.2) is 41.1 Å².